The average molecular weight is 436 g/mol. The quantitative estimate of drug-likeness (QED) is 0.571. The first-order valence-corrected chi connectivity index (χ1v) is 7.05. The summed E-state index contributed by atoms with van der Waals surface area (Å²) in [7, 11) is 0. The molecule has 1 fully saturated rings. The molecule has 1 heterocycles. The number of nitrogens with two attached hydrogens (primary N) is 1. The largest absolute Gasteiger partial charge is 0.326 e. The maximum absolute atomic E-state index is 13.7. The normalized spacial score (nSPS) is 20.4. The summed E-state index contributed by atoms with van der Waals surface area (Å²) >= 11 is 5.52. The average Bonchev–Trinajstić information content (AvgIpc) is 2.60. The van der Waals surface area contributed by atoms with Gasteiger partial charge < -0.3 is 5.73 Å². The molecule has 0 bridgehead atoms. The smallest absolute Gasteiger partial charge is 0.128 e. The minimum atomic E-state index is -0.146. The van der Waals surface area contributed by atoms with Gasteiger partial charge in [0.05, 0.1) is 0 Å². The van der Waals surface area contributed by atoms with Crippen LogP contribution < -0.4 is 5.73 Å². The van der Waals surface area contributed by atoms with E-state index in [4.69, 9.17) is 5.73 Å². The van der Waals surface area contributed by atoms with Gasteiger partial charge in [-0.3, -0.25) is 4.90 Å². The molecular formula is C11H14BrClFIN2. The van der Waals surface area contributed by atoms with Gasteiger partial charge in [0.1, 0.15) is 5.82 Å². The molecule has 17 heavy (non-hydrogen) atoms. The number of rotatable bonds is 2. The molecule has 0 unspecified atom stereocenters. The highest BCUT2D eigenvalue weighted by molar-refractivity contribution is 14.1. The van der Waals surface area contributed by atoms with Gasteiger partial charge >= 0.3 is 0 Å². The highest BCUT2D eigenvalue weighted by Crippen LogP contribution is 2.24. The molecule has 0 saturated carbocycles. The highest BCUT2D eigenvalue weighted by atomic mass is 127. The summed E-state index contributed by atoms with van der Waals surface area (Å²) in [6.07, 6.45) is 1.01. The molecule has 2 N–H and O–H groups in total. The van der Waals surface area contributed by atoms with E-state index in [-0.39, 0.29) is 24.3 Å². The van der Waals surface area contributed by atoms with Gasteiger partial charge in [-0.1, -0.05) is 0 Å². The lowest BCUT2D eigenvalue weighted by Crippen LogP contribution is -2.26. The first kappa shape index (κ1) is 15.6. The molecule has 0 aromatic heterocycles. The fourth-order valence-electron chi connectivity index (χ4n) is 1.93. The summed E-state index contributed by atoms with van der Waals surface area (Å²) in [4.78, 5) is 2.20. The van der Waals surface area contributed by atoms with Crippen LogP contribution in [0.15, 0.2) is 16.6 Å². The van der Waals surface area contributed by atoms with Crippen molar-refractivity contribution in [2.45, 2.75) is 19.0 Å². The van der Waals surface area contributed by atoms with E-state index in [9.17, 15) is 4.39 Å². The van der Waals surface area contributed by atoms with Crippen molar-refractivity contribution in [1.29, 1.82) is 0 Å². The van der Waals surface area contributed by atoms with Crippen molar-refractivity contribution in [3.8, 4) is 0 Å². The zero-order valence-corrected chi connectivity index (χ0v) is 13.7. The lowest BCUT2D eigenvalue weighted by Gasteiger charge is -2.16. The van der Waals surface area contributed by atoms with E-state index < -0.39 is 0 Å². The molecule has 2 nitrogen and oxygen atoms in total. The Kier molecular flexibility index (Phi) is 6.12. The van der Waals surface area contributed by atoms with Crippen LogP contribution in [0.25, 0.3) is 0 Å². The van der Waals surface area contributed by atoms with Gasteiger partial charge in [-0.15, -0.1) is 12.4 Å². The van der Waals surface area contributed by atoms with Crippen LogP contribution in [0.3, 0.4) is 0 Å². The third kappa shape index (κ3) is 4.02. The van der Waals surface area contributed by atoms with Gasteiger partial charge in [0.15, 0.2) is 0 Å². The van der Waals surface area contributed by atoms with Gasteiger partial charge in [0.2, 0.25) is 0 Å². The van der Waals surface area contributed by atoms with Gasteiger partial charge in [-0.25, -0.2) is 4.39 Å². The number of halogens is 4. The van der Waals surface area contributed by atoms with Crippen molar-refractivity contribution in [2.75, 3.05) is 13.1 Å². The Morgan fingerprint density at radius 3 is 2.82 bits per heavy atom. The van der Waals surface area contributed by atoms with Crippen LogP contribution in [0, 0.1) is 9.39 Å². The van der Waals surface area contributed by atoms with Gasteiger partial charge in [0, 0.05) is 39.3 Å². The molecule has 0 aliphatic carbocycles. The molecular weight excluding hydrogens is 421 g/mol. The number of hydrogen-bond donors (Lipinski definition) is 1. The third-order valence-electron chi connectivity index (χ3n) is 2.79. The highest BCUT2D eigenvalue weighted by Gasteiger charge is 2.20. The first-order chi connectivity index (χ1) is 7.56. The van der Waals surface area contributed by atoms with Gasteiger partial charge in [-0.2, -0.15) is 0 Å². The van der Waals surface area contributed by atoms with Gasteiger partial charge in [0.25, 0.3) is 0 Å². The minimum Gasteiger partial charge on any atom is -0.326 e. The van der Waals surface area contributed by atoms with E-state index in [1.807, 2.05) is 6.07 Å². The van der Waals surface area contributed by atoms with E-state index in [0.29, 0.717) is 6.54 Å². The van der Waals surface area contributed by atoms with E-state index >= 15 is 0 Å². The molecule has 1 aliphatic heterocycles. The van der Waals surface area contributed by atoms with E-state index in [1.54, 1.807) is 0 Å². The first-order valence-electron chi connectivity index (χ1n) is 5.17. The molecule has 0 radical (unpaired) electrons. The molecule has 0 spiro atoms. The molecule has 1 aliphatic rings. The Hall–Kier alpha value is 0.570. The Morgan fingerprint density at radius 2 is 2.24 bits per heavy atom. The van der Waals surface area contributed by atoms with E-state index in [2.05, 4.69) is 43.4 Å². The van der Waals surface area contributed by atoms with Crippen LogP contribution in [-0.4, -0.2) is 24.0 Å². The molecule has 96 valence electrons. The van der Waals surface area contributed by atoms with Crippen molar-refractivity contribution in [1.82, 2.24) is 4.90 Å². The molecule has 1 saturated heterocycles. The summed E-state index contributed by atoms with van der Waals surface area (Å²) in [6.45, 7) is 2.49. The number of hydrogen-bond acceptors (Lipinski definition) is 2. The second-order valence-electron chi connectivity index (χ2n) is 4.14. The second kappa shape index (κ2) is 6.65. The van der Waals surface area contributed by atoms with Crippen LogP contribution >= 0.6 is 50.9 Å². The fraction of sp³-hybridized carbons (Fsp3) is 0.455. The predicted molar refractivity (Wildman–Crippen MR) is 81.9 cm³/mol. The van der Waals surface area contributed by atoms with Crippen LogP contribution in [0.4, 0.5) is 4.39 Å². The van der Waals surface area contributed by atoms with Crippen molar-refractivity contribution < 1.29 is 4.39 Å². The third-order valence-corrected chi connectivity index (χ3v) is 5.08. The molecule has 1 atom stereocenters. The topological polar surface area (TPSA) is 29.3 Å². The van der Waals surface area contributed by atoms with Crippen LogP contribution in [0.5, 0.6) is 0 Å². The summed E-state index contributed by atoms with van der Waals surface area (Å²) in [6, 6.07) is 3.68. The summed E-state index contributed by atoms with van der Waals surface area (Å²) in [5.41, 5.74) is 6.58. The van der Waals surface area contributed by atoms with Crippen LogP contribution in [-0.2, 0) is 6.54 Å². The number of nitrogens with zero attached hydrogens (tertiary/aromatic N) is 1. The zero-order valence-electron chi connectivity index (χ0n) is 9.13. The Balaban J connectivity index is 0.00000144. The lowest BCUT2D eigenvalue weighted by atomic mass is 10.2. The number of likely N-dealkylation sites (tertiary alicyclic amines) is 1. The summed E-state index contributed by atoms with van der Waals surface area (Å²) < 4.78 is 15.5. The predicted octanol–water partition coefficient (Wildman–Crippen LogP) is 3.15. The number of benzene rings is 1. The Morgan fingerprint density at radius 1 is 1.53 bits per heavy atom. The maximum atomic E-state index is 13.7. The van der Waals surface area contributed by atoms with E-state index in [0.717, 1.165) is 33.1 Å². The molecule has 1 aromatic rings. The molecule has 0 amide bonds. The van der Waals surface area contributed by atoms with Crippen molar-refractivity contribution >= 4 is 50.9 Å². The minimum absolute atomic E-state index is 0. The second-order valence-corrected chi connectivity index (χ2v) is 6.16. The van der Waals surface area contributed by atoms with Gasteiger partial charge in [-0.05, 0) is 57.1 Å². The van der Waals surface area contributed by atoms with Crippen molar-refractivity contribution in [2.24, 2.45) is 5.73 Å². The summed E-state index contributed by atoms with van der Waals surface area (Å²) in [5, 5.41) is 0. The zero-order chi connectivity index (χ0) is 11.7. The summed E-state index contributed by atoms with van der Waals surface area (Å²) in [5.74, 6) is -0.146. The molecule has 1 aromatic carbocycles. The monoisotopic (exact) mass is 434 g/mol. The Labute approximate surface area is 129 Å². The molecule has 6 heteroatoms. The standard InChI is InChI=1S/C11H13BrFIN2.ClH/c12-9-4-10(13)7(3-11(9)14)5-16-2-1-8(15)6-16;/h3-4,8H,1-2,5-6,15H2;1H/t8-;/m1./s1. The SMILES string of the molecule is Cl.N[C@@H]1CCN(Cc2cc(I)c(Br)cc2F)C1. The van der Waals surface area contributed by atoms with Crippen LogP contribution in [0.2, 0.25) is 0 Å². The van der Waals surface area contributed by atoms with E-state index in [1.165, 1.54) is 6.07 Å². The maximum Gasteiger partial charge on any atom is 0.128 e. The molecule has 2 rings (SSSR count). The van der Waals surface area contributed by atoms with Crippen LogP contribution in [0.1, 0.15) is 12.0 Å². The lowest BCUT2D eigenvalue weighted by molar-refractivity contribution is 0.321. The van der Waals surface area contributed by atoms with Crippen molar-refractivity contribution in [3.05, 3.63) is 31.6 Å². The Bertz CT molecular complexity index is 405. The van der Waals surface area contributed by atoms with Crippen molar-refractivity contribution in [3.63, 3.8) is 0 Å². The fourth-order valence-corrected chi connectivity index (χ4v) is 2.78.